The minimum absolute atomic E-state index is 0.350. The molecule has 0 fully saturated rings. The molecule has 3 aromatic rings. The second-order valence-electron chi connectivity index (χ2n) is 9.25. The maximum atomic E-state index is 6.63. The van der Waals surface area contributed by atoms with Crippen LogP contribution in [0.3, 0.4) is 0 Å². The van der Waals surface area contributed by atoms with Gasteiger partial charge in [0.15, 0.2) is 0 Å². The summed E-state index contributed by atoms with van der Waals surface area (Å²) in [5.41, 5.74) is 3.89. The van der Waals surface area contributed by atoms with Crippen LogP contribution in [0.4, 0.5) is 0 Å². The molecule has 0 aliphatic heterocycles. The topological polar surface area (TPSA) is 18.5 Å². The van der Waals surface area contributed by atoms with Crippen molar-refractivity contribution in [1.29, 1.82) is 0 Å². The van der Waals surface area contributed by atoms with Gasteiger partial charge in [-0.15, -0.1) is 0 Å². The van der Waals surface area contributed by atoms with Gasteiger partial charge in [-0.25, -0.2) is 4.58 Å². The van der Waals surface area contributed by atoms with Crippen LogP contribution in [0.5, 0.6) is 0 Å². The van der Waals surface area contributed by atoms with Gasteiger partial charge in [0.1, 0.15) is 6.26 Å². The van der Waals surface area contributed by atoms with Crippen LogP contribution in [-0.2, 0) is 9.46 Å². The zero-order valence-electron chi connectivity index (χ0n) is 20.3. The first-order valence-corrected chi connectivity index (χ1v) is 13.5. The summed E-state index contributed by atoms with van der Waals surface area (Å²) in [4.78, 5) is 5.69. The molecule has 0 N–H and O–H groups in total. The molecule has 0 bridgehead atoms. The summed E-state index contributed by atoms with van der Waals surface area (Å²) in [6.45, 7) is 17.3. The Balaban J connectivity index is 2.55. The number of hydrogen-bond donors (Lipinski definition) is 0. The average Bonchev–Trinajstić information content (AvgIpc) is 2.80. The molecule has 3 rings (SSSR count). The van der Waals surface area contributed by atoms with E-state index in [2.05, 4.69) is 121 Å². The molecule has 0 aliphatic carbocycles. The van der Waals surface area contributed by atoms with Crippen molar-refractivity contribution in [2.45, 2.75) is 59.3 Å². The molecule has 2 nitrogen and oxygen atoms in total. The molecule has 0 heterocycles. The highest BCUT2D eigenvalue weighted by atomic mass is 28.4. The lowest BCUT2D eigenvalue weighted by Gasteiger charge is -2.36. The Bertz CT molecular complexity index is 927. The first kappa shape index (κ1) is 24.0. The zero-order valence-corrected chi connectivity index (χ0v) is 21.3. The summed E-state index contributed by atoms with van der Waals surface area (Å²) in [6, 6.07) is 26.1. The summed E-state index contributed by atoms with van der Waals surface area (Å²) in [5.74, 6) is 1.05. The van der Waals surface area contributed by atoms with E-state index in [4.69, 9.17) is 9.46 Å². The lowest BCUT2D eigenvalue weighted by molar-refractivity contribution is -0.155. The largest absolute Gasteiger partial charge is 0.357 e. The second kappa shape index (κ2) is 10.3. The normalized spacial score (nSPS) is 11.9. The molecule has 0 spiro atoms. The molecule has 0 atom stereocenters. The molecule has 32 heavy (non-hydrogen) atoms. The Labute approximate surface area is 195 Å². The highest BCUT2D eigenvalue weighted by Crippen LogP contribution is 2.25. The van der Waals surface area contributed by atoms with Gasteiger partial charge in [-0.3, -0.25) is 0 Å². The fourth-order valence-corrected chi connectivity index (χ4v) is 9.32. The Morgan fingerprint density at radius 2 is 0.906 bits per heavy atom. The highest BCUT2D eigenvalue weighted by Gasteiger charge is 2.49. The maximum Gasteiger partial charge on any atom is 0.347 e. The van der Waals surface area contributed by atoms with Gasteiger partial charge in [-0.2, -0.15) is 0 Å². The van der Waals surface area contributed by atoms with E-state index in [1.165, 1.54) is 38.5 Å². The summed E-state index contributed by atoms with van der Waals surface area (Å²) < 4.78 is 6.63. The summed E-state index contributed by atoms with van der Waals surface area (Å²) >= 11 is 0. The smallest absolute Gasteiger partial charge is 0.347 e. The van der Waals surface area contributed by atoms with Gasteiger partial charge in [0.2, 0.25) is 0 Å². The molecular weight excluding hydrogens is 408 g/mol. The Morgan fingerprint density at radius 3 is 1.19 bits per heavy atom. The quantitative estimate of drug-likeness (QED) is 0.130. The van der Waals surface area contributed by atoms with E-state index < -0.39 is 8.32 Å². The molecular formula is C29H36O2Si. The zero-order chi connectivity index (χ0) is 23.3. The van der Waals surface area contributed by atoms with Crippen molar-refractivity contribution in [2.75, 3.05) is 0 Å². The van der Waals surface area contributed by atoms with E-state index in [9.17, 15) is 0 Å². The Morgan fingerprint density at radius 1 is 0.594 bits per heavy atom. The molecule has 3 heteroatoms. The predicted molar refractivity (Wildman–Crippen MR) is 139 cm³/mol. The molecule has 0 saturated heterocycles. The molecule has 0 aromatic heterocycles. The van der Waals surface area contributed by atoms with E-state index in [-0.39, 0.29) is 0 Å². The second-order valence-corrected chi connectivity index (χ2v) is 12.4. The van der Waals surface area contributed by atoms with Gasteiger partial charge >= 0.3 is 8.32 Å². The first-order valence-electron chi connectivity index (χ1n) is 11.6. The van der Waals surface area contributed by atoms with Crippen molar-refractivity contribution >= 4 is 23.9 Å². The van der Waals surface area contributed by atoms with Gasteiger partial charge in [0.05, 0.1) is 0 Å². The highest BCUT2D eigenvalue weighted by molar-refractivity contribution is 7.07. The standard InChI is InChI=1S/C29H36O2Si/c1-8-30-31-32(27-18-12-9-15-24(27)21(2)3,28-19-13-10-16-25(28)22(4)5)29-20-14-11-17-26(29)23(6)7/h8-23H,1H2,2-7H3. The van der Waals surface area contributed by atoms with Gasteiger partial charge < -0.3 is 4.89 Å². The van der Waals surface area contributed by atoms with Crippen molar-refractivity contribution in [2.24, 2.45) is 0 Å². The summed E-state index contributed by atoms with van der Waals surface area (Å²) in [5, 5.41) is 3.70. The van der Waals surface area contributed by atoms with E-state index in [0.717, 1.165) is 0 Å². The SMILES string of the molecule is C=COO[Si](c1ccccc1C(C)C)(c1ccccc1C(C)C)c1ccccc1C(C)C. The van der Waals surface area contributed by atoms with Crippen LogP contribution in [0.1, 0.15) is 76.0 Å². The molecule has 0 radical (unpaired) electrons. The fourth-order valence-electron chi connectivity index (χ4n) is 4.64. The third-order valence-electron chi connectivity index (χ3n) is 6.13. The Hall–Kier alpha value is -2.62. The maximum absolute atomic E-state index is 6.63. The summed E-state index contributed by atoms with van der Waals surface area (Å²) in [7, 11) is -3.06. The lowest BCUT2D eigenvalue weighted by atomic mass is 10.0. The molecule has 0 unspecified atom stereocenters. The van der Waals surface area contributed by atoms with Crippen LogP contribution >= 0.6 is 0 Å². The monoisotopic (exact) mass is 444 g/mol. The molecule has 0 aliphatic rings. The number of benzene rings is 3. The van der Waals surface area contributed by atoms with Crippen molar-refractivity contribution in [3.8, 4) is 0 Å². The van der Waals surface area contributed by atoms with Crippen molar-refractivity contribution in [3.63, 3.8) is 0 Å². The van der Waals surface area contributed by atoms with Gasteiger partial charge in [-0.1, -0.05) is 121 Å². The fraction of sp³-hybridized carbons (Fsp3) is 0.310. The van der Waals surface area contributed by atoms with Crippen molar-refractivity contribution in [1.82, 2.24) is 0 Å². The van der Waals surface area contributed by atoms with E-state index in [0.29, 0.717) is 17.8 Å². The third kappa shape index (κ3) is 4.46. The van der Waals surface area contributed by atoms with Crippen molar-refractivity contribution in [3.05, 3.63) is 102 Å². The van der Waals surface area contributed by atoms with Crippen LogP contribution in [0.25, 0.3) is 0 Å². The number of hydrogen-bond acceptors (Lipinski definition) is 2. The first-order chi connectivity index (χ1) is 15.3. The van der Waals surface area contributed by atoms with Crippen LogP contribution in [-0.4, -0.2) is 8.32 Å². The van der Waals surface area contributed by atoms with Crippen LogP contribution in [0.2, 0.25) is 0 Å². The average molecular weight is 445 g/mol. The van der Waals surface area contributed by atoms with E-state index >= 15 is 0 Å². The Kier molecular flexibility index (Phi) is 7.76. The van der Waals surface area contributed by atoms with Gasteiger partial charge in [-0.05, 0) is 50.0 Å². The van der Waals surface area contributed by atoms with E-state index in [1.54, 1.807) is 0 Å². The molecule has 0 amide bonds. The van der Waals surface area contributed by atoms with Crippen LogP contribution in [0.15, 0.2) is 85.6 Å². The lowest BCUT2D eigenvalue weighted by Crippen LogP contribution is -2.71. The molecule has 0 saturated carbocycles. The van der Waals surface area contributed by atoms with E-state index in [1.807, 2.05) is 0 Å². The van der Waals surface area contributed by atoms with Crippen molar-refractivity contribution < 1.29 is 9.46 Å². The van der Waals surface area contributed by atoms with Gasteiger partial charge in [0, 0.05) is 0 Å². The molecule has 168 valence electrons. The minimum Gasteiger partial charge on any atom is -0.357 e. The predicted octanol–water partition coefficient (Wildman–Crippen LogP) is 6.12. The molecule has 3 aromatic carbocycles. The third-order valence-corrected chi connectivity index (χ3v) is 10.1. The van der Waals surface area contributed by atoms with Gasteiger partial charge in [0.25, 0.3) is 0 Å². The minimum atomic E-state index is -3.06. The number of rotatable bonds is 9. The summed E-state index contributed by atoms with van der Waals surface area (Å²) in [6.07, 6.45) is 1.40. The van der Waals surface area contributed by atoms with Crippen LogP contribution in [0, 0.1) is 0 Å². The van der Waals surface area contributed by atoms with Crippen LogP contribution < -0.4 is 15.6 Å².